The lowest BCUT2D eigenvalue weighted by Crippen LogP contribution is -2.59. The molecule has 4 nitrogen and oxygen atoms in total. The number of halogens is 1. The van der Waals surface area contributed by atoms with Gasteiger partial charge in [-0.3, -0.25) is 4.90 Å². The molecular formula is C16H25BrN2O2. The van der Waals surface area contributed by atoms with Gasteiger partial charge >= 0.3 is 0 Å². The Kier molecular flexibility index (Phi) is 5.66. The second kappa shape index (κ2) is 7.09. The van der Waals surface area contributed by atoms with Crippen LogP contribution in [0, 0.1) is 0 Å². The van der Waals surface area contributed by atoms with Gasteiger partial charge in [-0.05, 0) is 44.0 Å². The lowest BCUT2D eigenvalue weighted by Gasteiger charge is -2.44. The van der Waals surface area contributed by atoms with E-state index in [1.165, 1.54) is 0 Å². The topological polar surface area (TPSA) is 47.7 Å². The summed E-state index contributed by atoms with van der Waals surface area (Å²) in [4.78, 5) is 2.42. The lowest BCUT2D eigenvalue weighted by atomic mass is 9.87. The molecule has 0 aromatic heterocycles. The summed E-state index contributed by atoms with van der Waals surface area (Å²) in [5.74, 6) is 0.895. The van der Waals surface area contributed by atoms with E-state index in [0.717, 1.165) is 48.5 Å². The van der Waals surface area contributed by atoms with Crippen LogP contribution in [-0.4, -0.2) is 49.9 Å². The third-order valence-electron chi connectivity index (χ3n) is 4.42. The zero-order chi connectivity index (χ0) is 15.5. The Morgan fingerprint density at radius 3 is 2.67 bits per heavy atom. The molecular weight excluding hydrogens is 332 g/mol. The van der Waals surface area contributed by atoms with Gasteiger partial charge in [-0.2, -0.15) is 0 Å². The van der Waals surface area contributed by atoms with Crippen molar-refractivity contribution < 1.29 is 9.47 Å². The van der Waals surface area contributed by atoms with Gasteiger partial charge in [0.1, 0.15) is 5.75 Å². The molecule has 1 aliphatic rings. The second-order valence-electron chi connectivity index (χ2n) is 6.02. The fraction of sp³-hybridized carbons (Fsp3) is 0.625. The maximum Gasteiger partial charge on any atom is 0.122 e. The number of morpholine rings is 1. The maximum atomic E-state index is 6.53. The molecule has 2 rings (SSSR count). The summed E-state index contributed by atoms with van der Waals surface area (Å²) in [6.45, 7) is 7.89. The van der Waals surface area contributed by atoms with Gasteiger partial charge < -0.3 is 15.2 Å². The minimum Gasteiger partial charge on any atom is -0.496 e. The van der Waals surface area contributed by atoms with E-state index in [1.807, 2.05) is 12.1 Å². The van der Waals surface area contributed by atoms with Gasteiger partial charge in [0, 0.05) is 29.1 Å². The molecule has 21 heavy (non-hydrogen) atoms. The van der Waals surface area contributed by atoms with E-state index in [0.29, 0.717) is 0 Å². The van der Waals surface area contributed by atoms with Gasteiger partial charge in [-0.25, -0.2) is 0 Å². The summed E-state index contributed by atoms with van der Waals surface area (Å²) in [5.41, 5.74) is 7.60. The Labute approximate surface area is 135 Å². The molecule has 0 saturated carbocycles. The predicted octanol–water partition coefficient (Wildman–Crippen LogP) is 2.44. The van der Waals surface area contributed by atoms with Gasteiger partial charge in [0.25, 0.3) is 0 Å². The van der Waals surface area contributed by atoms with Crippen LogP contribution in [0.3, 0.4) is 0 Å². The summed E-state index contributed by atoms with van der Waals surface area (Å²) < 4.78 is 11.9. The smallest absolute Gasteiger partial charge is 0.122 e. The molecule has 0 radical (unpaired) electrons. The molecule has 1 fully saturated rings. The first-order chi connectivity index (χ1) is 9.95. The van der Waals surface area contributed by atoms with Crippen molar-refractivity contribution in [2.75, 3.05) is 33.4 Å². The van der Waals surface area contributed by atoms with Crippen molar-refractivity contribution >= 4 is 15.9 Å². The molecule has 0 aliphatic carbocycles. The number of benzene rings is 1. The van der Waals surface area contributed by atoms with E-state index in [2.05, 4.69) is 40.7 Å². The van der Waals surface area contributed by atoms with Crippen LogP contribution in [0.2, 0.25) is 0 Å². The largest absolute Gasteiger partial charge is 0.496 e. The molecule has 1 atom stereocenters. The number of ether oxygens (including phenoxy) is 2. The minimum atomic E-state index is -0.0723. The Balaban J connectivity index is 2.12. The van der Waals surface area contributed by atoms with Crippen molar-refractivity contribution in [3.63, 3.8) is 0 Å². The van der Waals surface area contributed by atoms with E-state index >= 15 is 0 Å². The van der Waals surface area contributed by atoms with Crippen molar-refractivity contribution in [1.29, 1.82) is 0 Å². The van der Waals surface area contributed by atoms with Crippen LogP contribution in [0.25, 0.3) is 0 Å². The van der Waals surface area contributed by atoms with Gasteiger partial charge in [0.05, 0.1) is 20.3 Å². The monoisotopic (exact) mass is 356 g/mol. The molecule has 1 aromatic carbocycles. The molecule has 118 valence electrons. The quantitative estimate of drug-likeness (QED) is 0.880. The summed E-state index contributed by atoms with van der Waals surface area (Å²) in [5, 5.41) is 0. The normalized spacial score (nSPS) is 18.5. The van der Waals surface area contributed by atoms with Crippen LogP contribution in [0.4, 0.5) is 0 Å². The van der Waals surface area contributed by atoms with E-state index in [1.54, 1.807) is 7.11 Å². The van der Waals surface area contributed by atoms with Crippen molar-refractivity contribution in [3.8, 4) is 5.75 Å². The van der Waals surface area contributed by atoms with Gasteiger partial charge in [0.15, 0.2) is 0 Å². The Hall–Kier alpha value is -0.620. The average Bonchev–Trinajstić information content (AvgIpc) is 2.48. The second-order valence-corrected chi connectivity index (χ2v) is 6.94. The molecule has 2 N–H and O–H groups in total. The summed E-state index contributed by atoms with van der Waals surface area (Å²) in [6, 6.07) is 6.09. The van der Waals surface area contributed by atoms with Crippen molar-refractivity contribution in [1.82, 2.24) is 4.90 Å². The van der Waals surface area contributed by atoms with Crippen LogP contribution in [0.5, 0.6) is 5.75 Å². The third-order valence-corrected chi connectivity index (χ3v) is 4.91. The highest BCUT2D eigenvalue weighted by Gasteiger charge is 2.34. The number of hydrogen-bond donors (Lipinski definition) is 1. The fourth-order valence-corrected chi connectivity index (χ4v) is 3.18. The van der Waals surface area contributed by atoms with Crippen LogP contribution in [0.1, 0.15) is 19.4 Å². The van der Waals surface area contributed by atoms with Crippen molar-refractivity contribution in [3.05, 3.63) is 28.2 Å². The van der Waals surface area contributed by atoms with Gasteiger partial charge in [-0.15, -0.1) is 0 Å². The lowest BCUT2D eigenvalue weighted by molar-refractivity contribution is -0.0186. The summed E-state index contributed by atoms with van der Waals surface area (Å²) >= 11 is 3.52. The predicted molar refractivity (Wildman–Crippen MR) is 88.8 cm³/mol. The standard InChI is InChI=1S/C16H25BrN2O2/c1-16(2,19-6-8-21-9-7-19)15(18)11-12-10-13(17)4-5-14(12)20-3/h4-5,10,15H,6-9,11,18H2,1-3H3. The zero-order valence-corrected chi connectivity index (χ0v) is 14.6. The number of hydrogen-bond acceptors (Lipinski definition) is 4. The number of nitrogens with zero attached hydrogens (tertiary/aromatic N) is 1. The van der Waals surface area contributed by atoms with Crippen LogP contribution in [0.15, 0.2) is 22.7 Å². The number of rotatable bonds is 5. The minimum absolute atomic E-state index is 0.0267. The molecule has 1 aromatic rings. The SMILES string of the molecule is COc1ccc(Br)cc1CC(N)C(C)(C)N1CCOCC1. The van der Waals surface area contributed by atoms with Gasteiger partial charge in [-0.1, -0.05) is 15.9 Å². The average molecular weight is 357 g/mol. The van der Waals surface area contributed by atoms with Crippen LogP contribution >= 0.6 is 15.9 Å². The van der Waals surface area contributed by atoms with E-state index in [-0.39, 0.29) is 11.6 Å². The molecule has 1 aliphatic heterocycles. The molecule has 0 bridgehead atoms. The Bertz CT molecular complexity index is 473. The molecule has 1 unspecified atom stereocenters. The highest BCUT2D eigenvalue weighted by atomic mass is 79.9. The fourth-order valence-electron chi connectivity index (χ4n) is 2.77. The highest BCUT2D eigenvalue weighted by molar-refractivity contribution is 9.10. The first kappa shape index (κ1) is 16.7. The Morgan fingerprint density at radius 2 is 2.05 bits per heavy atom. The maximum absolute atomic E-state index is 6.53. The first-order valence-corrected chi connectivity index (χ1v) is 8.15. The highest BCUT2D eigenvalue weighted by Crippen LogP contribution is 2.28. The Morgan fingerprint density at radius 1 is 1.38 bits per heavy atom. The van der Waals surface area contributed by atoms with Crippen LogP contribution < -0.4 is 10.5 Å². The van der Waals surface area contributed by atoms with Crippen molar-refractivity contribution in [2.24, 2.45) is 5.73 Å². The molecule has 0 amide bonds. The van der Waals surface area contributed by atoms with E-state index in [9.17, 15) is 0 Å². The first-order valence-electron chi connectivity index (χ1n) is 7.36. The van der Waals surface area contributed by atoms with E-state index < -0.39 is 0 Å². The number of methoxy groups -OCH3 is 1. The third kappa shape index (κ3) is 3.97. The molecule has 1 heterocycles. The molecule has 5 heteroatoms. The van der Waals surface area contributed by atoms with Gasteiger partial charge in [0.2, 0.25) is 0 Å². The van der Waals surface area contributed by atoms with Crippen molar-refractivity contribution in [2.45, 2.75) is 31.8 Å². The molecule has 0 spiro atoms. The van der Waals surface area contributed by atoms with Crippen LogP contribution in [-0.2, 0) is 11.2 Å². The zero-order valence-electron chi connectivity index (χ0n) is 13.1. The molecule has 1 saturated heterocycles. The summed E-state index contributed by atoms with van der Waals surface area (Å²) in [6.07, 6.45) is 0.785. The number of nitrogens with two attached hydrogens (primary N) is 1. The van der Waals surface area contributed by atoms with E-state index in [4.69, 9.17) is 15.2 Å². The summed E-state index contributed by atoms with van der Waals surface area (Å²) in [7, 11) is 1.70.